The molecular formula is C13H14ClN3. The van der Waals surface area contributed by atoms with Gasteiger partial charge in [-0.05, 0) is 49.2 Å². The molecule has 0 unspecified atom stereocenters. The summed E-state index contributed by atoms with van der Waals surface area (Å²) >= 11 is 5.84. The lowest BCUT2D eigenvalue weighted by Crippen LogP contribution is -1.99. The van der Waals surface area contributed by atoms with Crippen molar-refractivity contribution in [2.24, 2.45) is 0 Å². The molecule has 0 bridgehead atoms. The van der Waals surface area contributed by atoms with Gasteiger partial charge in [0.1, 0.15) is 5.15 Å². The number of pyridine rings is 1. The quantitative estimate of drug-likeness (QED) is 0.796. The molecule has 88 valence electrons. The van der Waals surface area contributed by atoms with Crippen molar-refractivity contribution in [1.29, 1.82) is 0 Å². The van der Waals surface area contributed by atoms with Crippen molar-refractivity contribution in [3.05, 3.63) is 46.6 Å². The van der Waals surface area contributed by atoms with Crippen LogP contribution in [0.4, 0.5) is 17.2 Å². The molecule has 0 fully saturated rings. The van der Waals surface area contributed by atoms with E-state index in [9.17, 15) is 0 Å². The Labute approximate surface area is 106 Å². The Morgan fingerprint density at radius 2 is 1.76 bits per heavy atom. The second kappa shape index (κ2) is 4.63. The number of halogens is 1. The first-order valence-electron chi connectivity index (χ1n) is 5.32. The zero-order valence-corrected chi connectivity index (χ0v) is 10.5. The van der Waals surface area contributed by atoms with Crippen molar-refractivity contribution < 1.29 is 0 Å². The van der Waals surface area contributed by atoms with Crippen LogP contribution in [0, 0.1) is 13.8 Å². The molecule has 1 heterocycles. The van der Waals surface area contributed by atoms with Crippen molar-refractivity contribution in [3.8, 4) is 0 Å². The number of aromatic nitrogens is 1. The number of nitrogens with two attached hydrogens (primary N) is 1. The van der Waals surface area contributed by atoms with Gasteiger partial charge in [0.15, 0.2) is 5.82 Å². The van der Waals surface area contributed by atoms with Crippen LogP contribution in [-0.2, 0) is 0 Å². The Morgan fingerprint density at radius 3 is 2.41 bits per heavy atom. The topological polar surface area (TPSA) is 50.9 Å². The zero-order chi connectivity index (χ0) is 12.4. The third-order valence-corrected chi connectivity index (χ3v) is 2.59. The van der Waals surface area contributed by atoms with Crippen LogP contribution in [0.3, 0.4) is 0 Å². The van der Waals surface area contributed by atoms with E-state index in [1.54, 1.807) is 12.1 Å². The third kappa shape index (κ3) is 2.88. The summed E-state index contributed by atoms with van der Waals surface area (Å²) in [4.78, 5) is 4.16. The molecule has 0 amide bonds. The fraction of sp³-hybridized carbons (Fsp3) is 0.154. The monoisotopic (exact) mass is 247 g/mol. The summed E-state index contributed by atoms with van der Waals surface area (Å²) in [7, 11) is 0. The lowest BCUT2D eigenvalue weighted by molar-refractivity contribution is 1.30. The summed E-state index contributed by atoms with van der Waals surface area (Å²) in [5, 5.41) is 3.60. The summed E-state index contributed by atoms with van der Waals surface area (Å²) < 4.78 is 0. The molecule has 0 saturated heterocycles. The molecule has 3 nitrogen and oxygen atoms in total. The van der Waals surface area contributed by atoms with Gasteiger partial charge in [0.2, 0.25) is 0 Å². The Morgan fingerprint density at radius 1 is 1.12 bits per heavy atom. The molecule has 3 N–H and O–H groups in total. The maximum absolute atomic E-state index is 5.84. The molecule has 1 aromatic carbocycles. The number of nitrogens with one attached hydrogen (secondary N) is 1. The summed E-state index contributed by atoms with van der Waals surface area (Å²) in [6, 6.07) is 9.59. The SMILES string of the molecule is Cc1cc(C)cc(Nc2nc(Cl)ccc2N)c1. The number of hydrogen-bond donors (Lipinski definition) is 2. The highest BCUT2D eigenvalue weighted by atomic mass is 35.5. The van der Waals surface area contributed by atoms with Crippen LogP contribution in [0.25, 0.3) is 0 Å². The number of nitrogen functional groups attached to an aromatic ring is 1. The second-order valence-corrected chi connectivity index (χ2v) is 4.46. The molecule has 0 saturated carbocycles. The van der Waals surface area contributed by atoms with Crippen LogP contribution in [0.5, 0.6) is 0 Å². The van der Waals surface area contributed by atoms with Gasteiger partial charge < -0.3 is 11.1 Å². The molecule has 0 aliphatic carbocycles. The van der Waals surface area contributed by atoms with Crippen molar-refractivity contribution in [1.82, 2.24) is 4.98 Å². The van der Waals surface area contributed by atoms with Crippen molar-refractivity contribution in [2.75, 3.05) is 11.1 Å². The lowest BCUT2D eigenvalue weighted by atomic mass is 10.1. The van der Waals surface area contributed by atoms with E-state index in [1.807, 2.05) is 26.0 Å². The number of anilines is 3. The van der Waals surface area contributed by atoms with Crippen molar-refractivity contribution >= 4 is 28.8 Å². The van der Waals surface area contributed by atoms with Crippen molar-refractivity contribution in [3.63, 3.8) is 0 Å². The fourth-order valence-corrected chi connectivity index (χ4v) is 1.88. The Balaban J connectivity index is 2.34. The van der Waals surface area contributed by atoms with E-state index in [1.165, 1.54) is 11.1 Å². The van der Waals surface area contributed by atoms with Crippen molar-refractivity contribution in [2.45, 2.75) is 13.8 Å². The maximum Gasteiger partial charge on any atom is 0.155 e. The first-order chi connectivity index (χ1) is 8.04. The van der Waals surface area contributed by atoms with Gasteiger partial charge in [-0.2, -0.15) is 0 Å². The van der Waals surface area contributed by atoms with E-state index in [-0.39, 0.29) is 0 Å². The van der Waals surface area contributed by atoms with Crippen LogP contribution in [-0.4, -0.2) is 4.98 Å². The molecule has 2 rings (SSSR count). The smallest absolute Gasteiger partial charge is 0.155 e. The Bertz CT molecular complexity index is 532. The minimum absolute atomic E-state index is 0.422. The zero-order valence-electron chi connectivity index (χ0n) is 9.79. The molecule has 1 aromatic heterocycles. The van der Waals surface area contributed by atoms with E-state index in [4.69, 9.17) is 17.3 Å². The van der Waals surface area contributed by atoms with Gasteiger partial charge in [0.05, 0.1) is 5.69 Å². The number of benzene rings is 1. The Kier molecular flexibility index (Phi) is 3.20. The van der Waals surface area contributed by atoms with E-state index in [0.717, 1.165) is 5.69 Å². The van der Waals surface area contributed by atoms with Gasteiger partial charge in [-0.25, -0.2) is 4.98 Å². The van der Waals surface area contributed by atoms with Crippen LogP contribution in [0.1, 0.15) is 11.1 Å². The van der Waals surface area contributed by atoms with E-state index >= 15 is 0 Å². The maximum atomic E-state index is 5.84. The molecule has 0 radical (unpaired) electrons. The average Bonchev–Trinajstić information content (AvgIpc) is 2.22. The molecule has 0 spiro atoms. The lowest BCUT2D eigenvalue weighted by Gasteiger charge is -2.10. The third-order valence-electron chi connectivity index (χ3n) is 2.38. The molecule has 2 aromatic rings. The summed E-state index contributed by atoms with van der Waals surface area (Å²) in [5.74, 6) is 0.586. The summed E-state index contributed by atoms with van der Waals surface area (Å²) in [6.45, 7) is 4.10. The molecule has 17 heavy (non-hydrogen) atoms. The highest BCUT2D eigenvalue weighted by molar-refractivity contribution is 6.29. The molecule has 0 aliphatic heterocycles. The first-order valence-corrected chi connectivity index (χ1v) is 5.70. The number of nitrogens with zero attached hydrogens (tertiary/aromatic N) is 1. The second-order valence-electron chi connectivity index (χ2n) is 4.07. The van der Waals surface area contributed by atoms with E-state index < -0.39 is 0 Å². The average molecular weight is 248 g/mol. The van der Waals surface area contributed by atoms with Crippen LogP contribution in [0.2, 0.25) is 5.15 Å². The standard InChI is InChI=1S/C13H14ClN3/c1-8-5-9(2)7-10(6-8)16-13-11(15)3-4-12(14)17-13/h3-7H,15H2,1-2H3,(H,16,17). The molecule has 0 atom stereocenters. The van der Waals surface area contributed by atoms with Gasteiger partial charge in [0, 0.05) is 5.69 Å². The van der Waals surface area contributed by atoms with Gasteiger partial charge in [-0.3, -0.25) is 0 Å². The summed E-state index contributed by atoms with van der Waals surface area (Å²) in [5.41, 5.74) is 9.75. The minimum Gasteiger partial charge on any atom is -0.396 e. The molecule has 4 heteroatoms. The predicted octanol–water partition coefficient (Wildman–Crippen LogP) is 3.68. The minimum atomic E-state index is 0.422. The number of rotatable bonds is 2. The summed E-state index contributed by atoms with van der Waals surface area (Å²) in [6.07, 6.45) is 0. The van der Waals surface area contributed by atoms with Gasteiger partial charge in [-0.15, -0.1) is 0 Å². The van der Waals surface area contributed by atoms with Gasteiger partial charge >= 0.3 is 0 Å². The highest BCUT2D eigenvalue weighted by Gasteiger charge is 2.03. The predicted molar refractivity (Wildman–Crippen MR) is 72.9 cm³/mol. The molecule has 0 aliphatic rings. The Hall–Kier alpha value is -1.74. The molecular weight excluding hydrogens is 234 g/mol. The highest BCUT2D eigenvalue weighted by Crippen LogP contribution is 2.24. The van der Waals surface area contributed by atoms with E-state index in [2.05, 4.69) is 16.4 Å². The van der Waals surface area contributed by atoms with Gasteiger partial charge in [0.25, 0.3) is 0 Å². The first kappa shape index (κ1) is 11.7. The van der Waals surface area contributed by atoms with Crippen LogP contribution >= 0.6 is 11.6 Å². The largest absolute Gasteiger partial charge is 0.396 e. The van der Waals surface area contributed by atoms with Crippen LogP contribution in [0.15, 0.2) is 30.3 Å². The number of aryl methyl sites for hydroxylation is 2. The fourth-order valence-electron chi connectivity index (χ4n) is 1.73. The van der Waals surface area contributed by atoms with E-state index in [0.29, 0.717) is 16.7 Å². The normalized spacial score (nSPS) is 10.3. The van der Waals surface area contributed by atoms with Gasteiger partial charge in [-0.1, -0.05) is 17.7 Å². The number of hydrogen-bond acceptors (Lipinski definition) is 3. The van der Waals surface area contributed by atoms with Crippen LogP contribution < -0.4 is 11.1 Å².